The van der Waals surface area contributed by atoms with Crippen molar-refractivity contribution in [2.45, 2.75) is 69.1 Å². The lowest BCUT2D eigenvalue weighted by Gasteiger charge is -2.41. The molecule has 2 aliphatic heterocycles. The molecule has 0 N–H and O–H groups in total. The molecule has 0 atom stereocenters. The zero-order valence-electron chi connectivity index (χ0n) is 9.64. The molecule has 86 valence electrons. The minimum atomic E-state index is -1.84. The van der Waals surface area contributed by atoms with Crippen LogP contribution in [0.4, 0.5) is 0 Å². The van der Waals surface area contributed by atoms with Gasteiger partial charge in [-0.1, -0.05) is 56.5 Å². The Bertz CT molecular complexity index is 195. The van der Waals surface area contributed by atoms with Crippen molar-refractivity contribution in [3.63, 3.8) is 0 Å². The normalized spacial score (nSPS) is 31.8. The molecule has 2 rings (SSSR count). The van der Waals surface area contributed by atoms with Crippen LogP contribution in [0, 0.1) is 0 Å². The Morgan fingerprint density at radius 2 is 1.53 bits per heavy atom. The van der Waals surface area contributed by atoms with Gasteiger partial charge in [-0.3, -0.25) is 0 Å². The Kier molecular flexibility index (Phi) is 4.12. The Labute approximate surface area is 105 Å². The summed E-state index contributed by atoms with van der Waals surface area (Å²) in [5, 5.41) is 0. The highest BCUT2D eigenvalue weighted by molar-refractivity contribution is 7.45. The van der Waals surface area contributed by atoms with Crippen LogP contribution in [0.15, 0.2) is 0 Å². The lowest BCUT2D eigenvalue weighted by atomic mass is 9.26. The van der Waals surface area contributed by atoms with Gasteiger partial charge in [-0.25, -0.2) is 0 Å². The zero-order valence-corrected chi connectivity index (χ0v) is 12.2. The molecule has 0 aromatic rings. The number of halogens is 2. The molecule has 2 heterocycles. The highest BCUT2D eigenvalue weighted by Crippen LogP contribution is 2.48. The van der Waals surface area contributed by atoms with Crippen LogP contribution < -0.4 is 0 Å². The van der Waals surface area contributed by atoms with E-state index in [2.05, 4.69) is 6.55 Å². The van der Waals surface area contributed by atoms with Gasteiger partial charge in [-0.05, 0) is 12.6 Å². The third kappa shape index (κ3) is 3.41. The SMILES string of the molecule is C[Si](Cl)(Cl)CCB1C2CCCC1CCC2. The highest BCUT2D eigenvalue weighted by atomic mass is 35.7. The molecule has 2 bridgehead atoms. The summed E-state index contributed by atoms with van der Waals surface area (Å²) in [6.07, 6.45) is 10.2. The molecule has 2 fully saturated rings. The van der Waals surface area contributed by atoms with Gasteiger partial charge in [0.2, 0.25) is 6.69 Å². The number of hydrogen-bond donors (Lipinski definition) is 0. The van der Waals surface area contributed by atoms with Crippen molar-refractivity contribution in [1.29, 1.82) is 0 Å². The van der Waals surface area contributed by atoms with E-state index in [1.807, 2.05) is 0 Å². The number of hydrogen-bond acceptors (Lipinski definition) is 0. The first-order valence-corrected chi connectivity index (χ1v) is 11.2. The van der Waals surface area contributed by atoms with E-state index in [9.17, 15) is 0 Å². The Morgan fingerprint density at radius 1 is 1.07 bits per heavy atom. The van der Waals surface area contributed by atoms with Crippen LogP contribution in [0.3, 0.4) is 0 Å². The Balaban J connectivity index is 1.89. The molecule has 0 aromatic heterocycles. The molecule has 0 aromatic carbocycles. The Morgan fingerprint density at radius 3 is 1.93 bits per heavy atom. The largest absolute Gasteiger partial charge is 0.247 e. The summed E-state index contributed by atoms with van der Waals surface area (Å²) in [5.74, 6) is 2.03. The summed E-state index contributed by atoms with van der Waals surface area (Å²) >= 11 is 12.4. The van der Waals surface area contributed by atoms with Crippen molar-refractivity contribution in [1.82, 2.24) is 0 Å². The van der Waals surface area contributed by atoms with Gasteiger partial charge in [0, 0.05) is 0 Å². The van der Waals surface area contributed by atoms with E-state index in [0.717, 1.165) is 24.4 Å². The van der Waals surface area contributed by atoms with Crippen LogP contribution in [0.25, 0.3) is 0 Å². The summed E-state index contributed by atoms with van der Waals surface area (Å²) in [4.78, 5) is 0. The maximum absolute atomic E-state index is 6.21. The minimum Gasteiger partial charge on any atom is -0.146 e. The van der Waals surface area contributed by atoms with Crippen LogP contribution in [0.1, 0.15) is 38.5 Å². The molecule has 15 heavy (non-hydrogen) atoms. The fourth-order valence-corrected chi connectivity index (χ4v) is 5.20. The quantitative estimate of drug-likeness (QED) is 0.488. The van der Waals surface area contributed by atoms with Crippen molar-refractivity contribution in [3.05, 3.63) is 0 Å². The van der Waals surface area contributed by atoms with Crippen LogP contribution in [-0.4, -0.2) is 13.4 Å². The number of fused-ring (bicyclic) bond motifs is 2. The summed E-state index contributed by atoms with van der Waals surface area (Å²) in [6.45, 7) is 1.19. The first-order valence-electron chi connectivity index (χ1n) is 6.44. The molecule has 0 amide bonds. The highest BCUT2D eigenvalue weighted by Gasteiger charge is 2.39. The third-order valence-electron chi connectivity index (χ3n) is 4.43. The van der Waals surface area contributed by atoms with Gasteiger partial charge < -0.3 is 0 Å². The van der Waals surface area contributed by atoms with Gasteiger partial charge in [-0.2, -0.15) is 0 Å². The maximum atomic E-state index is 6.21. The molecule has 0 unspecified atom stereocenters. The van der Waals surface area contributed by atoms with Gasteiger partial charge in [0.1, 0.15) is 6.71 Å². The molecule has 0 aliphatic carbocycles. The van der Waals surface area contributed by atoms with E-state index in [0.29, 0.717) is 0 Å². The van der Waals surface area contributed by atoms with E-state index >= 15 is 0 Å². The molecular weight excluding hydrogens is 242 g/mol. The fourth-order valence-electron chi connectivity index (χ4n) is 3.71. The molecule has 4 heteroatoms. The monoisotopic (exact) mass is 262 g/mol. The van der Waals surface area contributed by atoms with Gasteiger partial charge >= 0.3 is 0 Å². The van der Waals surface area contributed by atoms with Gasteiger partial charge in [0.05, 0.1) is 0 Å². The molecule has 0 saturated carbocycles. The molecular formula is C11H21BCl2Si. The second-order valence-corrected chi connectivity index (χ2v) is 13.9. The van der Waals surface area contributed by atoms with E-state index < -0.39 is 6.69 Å². The smallest absolute Gasteiger partial charge is 0.146 e. The second kappa shape index (κ2) is 5.02. The average molecular weight is 263 g/mol. The molecule has 0 spiro atoms. The van der Waals surface area contributed by atoms with Crippen LogP contribution in [-0.2, 0) is 0 Å². The summed E-state index contributed by atoms with van der Waals surface area (Å²) in [6, 6.07) is 1.10. The topological polar surface area (TPSA) is 0 Å². The first kappa shape index (κ1) is 12.3. The summed E-state index contributed by atoms with van der Waals surface area (Å²) in [7, 11) is 0. The lowest BCUT2D eigenvalue weighted by Crippen LogP contribution is -2.35. The predicted molar refractivity (Wildman–Crippen MR) is 73.9 cm³/mol. The zero-order chi connectivity index (χ0) is 10.9. The van der Waals surface area contributed by atoms with E-state index in [4.69, 9.17) is 22.2 Å². The van der Waals surface area contributed by atoms with Crippen molar-refractivity contribution in [3.8, 4) is 0 Å². The predicted octanol–water partition coefficient (Wildman–Crippen LogP) is 5.14. The second-order valence-electron chi connectivity index (χ2n) is 5.65. The number of rotatable bonds is 3. The average Bonchev–Trinajstić information content (AvgIpc) is 2.12. The van der Waals surface area contributed by atoms with Crippen molar-refractivity contribution in [2.75, 3.05) is 0 Å². The lowest BCUT2D eigenvalue weighted by molar-refractivity contribution is 0.442. The fraction of sp³-hybridized carbons (Fsp3) is 1.00. The van der Waals surface area contributed by atoms with E-state index in [1.54, 1.807) is 0 Å². The van der Waals surface area contributed by atoms with Gasteiger partial charge in [0.25, 0.3) is 0 Å². The summed E-state index contributed by atoms with van der Waals surface area (Å²) in [5.41, 5.74) is 0. The Hall–Kier alpha value is 0.862. The van der Waals surface area contributed by atoms with Crippen LogP contribution in [0.2, 0.25) is 30.5 Å². The molecule has 2 saturated heterocycles. The molecule has 2 aliphatic rings. The van der Waals surface area contributed by atoms with E-state index in [-0.39, 0.29) is 0 Å². The van der Waals surface area contributed by atoms with Crippen molar-refractivity contribution >= 4 is 35.6 Å². The first-order chi connectivity index (χ1) is 7.06. The van der Waals surface area contributed by atoms with Crippen LogP contribution in [0.5, 0.6) is 0 Å². The van der Waals surface area contributed by atoms with Gasteiger partial charge in [-0.15, -0.1) is 22.2 Å². The van der Waals surface area contributed by atoms with Crippen LogP contribution >= 0.6 is 22.2 Å². The maximum Gasteiger partial charge on any atom is 0.247 e. The molecule has 0 radical (unpaired) electrons. The van der Waals surface area contributed by atoms with E-state index in [1.165, 1.54) is 44.8 Å². The minimum absolute atomic E-state index is 0.969. The van der Waals surface area contributed by atoms with Crippen molar-refractivity contribution < 1.29 is 0 Å². The van der Waals surface area contributed by atoms with Crippen molar-refractivity contribution in [2.24, 2.45) is 0 Å². The standard InChI is InChI=1S/C11H21BCl2Si/c1-15(13,14)9-8-12-10-4-2-5-11(12)7-3-6-10/h10-11H,2-9H2,1H3. The molecule has 0 nitrogen and oxygen atoms in total. The van der Waals surface area contributed by atoms with Gasteiger partial charge in [0.15, 0.2) is 0 Å². The third-order valence-corrected chi connectivity index (χ3v) is 6.73. The summed E-state index contributed by atoms with van der Waals surface area (Å²) < 4.78 is 0.